The first-order valence-corrected chi connectivity index (χ1v) is 5.36. The Morgan fingerprint density at radius 1 is 1.65 bits per heavy atom. The SMILES string of the molecule is Cc1cnn(CCNC(=O)c2cc(N)c[nH]2)c1. The summed E-state index contributed by atoms with van der Waals surface area (Å²) in [5, 5.41) is 6.91. The van der Waals surface area contributed by atoms with Crippen LogP contribution in [0.15, 0.2) is 24.7 Å². The number of rotatable bonds is 4. The maximum absolute atomic E-state index is 11.6. The minimum atomic E-state index is -0.162. The number of carbonyl (C=O) groups is 1. The van der Waals surface area contributed by atoms with Crippen molar-refractivity contribution in [3.8, 4) is 0 Å². The number of aromatic nitrogens is 3. The lowest BCUT2D eigenvalue weighted by Crippen LogP contribution is -2.27. The zero-order valence-corrected chi connectivity index (χ0v) is 9.60. The number of carbonyl (C=O) groups excluding carboxylic acids is 1. The van der Waals surface area contributed by atoms with Gasteiger partial charge < -0.3 is 16.0 Å². The largest absolute Gasteiger partial charge is 0.397 e. The van der Waals surface area contributed by atoms with E-state index in [1.165, 1.54) is 0 Å². The van der Waals surface area contributed by atoms with Crippen LogP contribution < -0.4 is 11.1 Å². The third-order valence-electron chi connectivity index (χ3n) is 2.34. The van der Waals surface area contributed by atoms with Crippen LogP contribution in [0.25, 0.3) is 0 Å². The molecule has 4 N–H and O–H groups in total. The van der Waals surface area contributed by atoms with Gasteiger partial charge in [-0.05, 0) is 18.6 Å². The number of hydrogen-bond donors (Lipinski definition) is 3. The number of nitrogen functional groups attached to an aromatic ring is 1. The van der Waals surface area contributed by atoms with Gasteiger partial charge >= 0.3 is 0 Å². The number of amides is 1. The summed E-state index contributed by atoms with van der Waals surface area (Å²) in [7, 11) is 0. The van der Waals surface area contributed by atoms with Crippen LogP contribution in [0.5, 0.6) is 0 Å². The highest BCUT2D eigenvalue weighted by atomic mass is 16.1. The van der Waals surface area contributed by atoms with E-state index >= 15 is 0 Å². The van der Waals surface area contributed by atoms with Crippen molar-refractivity contribution in [1.29, 1.82) is 0 Å². The molecule has 0 fully saturated rings. The van der Waals surface area contributed by atoms with Gasteiger partial charge in [-0.1, -0.05) is 0 Å². The third-order valence-corrected chi connectivity index (χ3v) is 2.34. The zero-order chi connectivity index (χ0) is 12.3. The fraction of sp³-hybridized carbons (Fsp3) is 0.273. The molecule has 6 nitrogen and oxygen atoms in total. The van der Waals surface area contributed by atoms with Gasteiger partial charge in [-0.15, -0.1) is 0 Å². The maximum atomic E-state index is 11.6. The molecule has 90 valence electrons. The lowest BCUT2D eigenvalue weighted by Gasteiger charge is -2.03. The second-order valence-corrected chi connectivity index (χ2v) is 3.88. The van der Waals surface area contributed by atoms with Crippen LogP contribution in [-0.2, 0) is 6.54 Å². The van der Waals surface area contributed by atoms with Crippen LogP contribution in [0.2, 0.25) is 0 Å². The normalized spacial score (nSPS) is 10.4. The van der Waals surface area contributed by atoms with Gasteiger partial charge in [-0.25, -0.2) is 0 Å². The van der Waals surface area contributed by atoms with Crippen molar-refractivity contribution in [2.45, 2.75) is 13.5 Å². The van der Waals surface area contributed by atoms with Gasteiger partial charge in [0.2, 0.25) is 0 Å². The molecule has 0 aliphatic heterocycles. The van der Waals surface area contributed by atoms with E-state index in [0.29, 0.717) is 24.5 Å². The quantitative estimate of drug-likeness (QED) is 0.719. The second kappa shape index (κ2) is 4.73. The van der Waals surface area contributed by atoms with E-state index in [1.807, 2.05) is 13.1 Å². The van der Waals surface area contributed by atoms with E-state index in [1.54, 1.807) is 23.1 Å². The minimum absolute atomic E-state index is 0.162. The molecule has 17 heavy (non-hydrogen) atoms. The number of aryl methyl sites for hydroxylation is 1. The van der Waals surface area contributed by atoms with Gasteiger partial charge in [-0.3, -0.25) is 9.48 Å². The van der Waals surface area contributed by atoms with E-state index in [9.17, 15) is 4.79 Å². The summed E-state index contributed by atoms with van der Waals surface area (Å²) in [4.78, 5) is 14.4. The fourth-order valence-corrected chi connectivity index (χ4v) is 1.51. The van der Waals surface area contributed by atoms with E-state index in [0.717, 1.165) is 5.56 Å². The van der Waals surface area contributed by atoms with Crippen molar-refractivity contribution < 1.29 is 4.79 Å². The molecule has 0 aliphatic rings. The summed E-state index contributed by atoms with van der Waals surface area (Å²) in [5.74, 6) is -0.162. The number of nitrogens with zero attached hydrogens (tertiary/aromatic N) is 2. The summed E-state index contributed by atoms with van der Waals surface area (Å²) in [6, 6.07) is 1.60. The van der Waals surface area contributed by atoms with Gasteiger partial charge in [0.15, 0.2) is 0 Å². The Balaban J connectivity index is 1.81. The van der Waals surface area contributed by atoms with Crippen LogP contribution >= 0.6 is 0 Å². The molecule has 0 saturated heterocycles. The van der Waals surface area contributed by atoms with Crippen LogP contribution in [-0.4, -0.2) is 27.2 Å². The lowest BCUT2D eigenvalue weighted by atomic mass is 10.4. The fourth-order valence-electron chi connectivity index (χ4n) is 1.51. The highest BCUT2D eigenvalue weighted by molar-refractivity contribution is 5.93. The standard InChI is InChI=1S/C11H15N5O/c1-8-5-15-16(7-8)3-2-13-11(17)10-4-9(12)6-14-10/h4-7,14H,2-3,12H2,1H3,(H,13,17). The van der Waals surface area contributed by atoms with Crippen molar-refractivity contribution in [1.82, 2.24) is 20.1 Å². The van der Waals surface area contributed by atoms with Gasteiger partial charge in [0.1, 0.15) is 5.69 Å². The molecule has 2 heterocycles. The first-order valence-electron chi connectivity index (χ1n) is 5.36. The highest BCUT2D eigenvalue weighted by Crippen LogP contribution is 2.03. The second-order valence-electron chi connectivity index (χ2n) is 3.88. The van der Waals surface area contributed by atoms with E-state index in [2.05, 4.69) is 15.4 Å². The van der Waals surface area contributed by atoms with Crippen molar-refractivity contribution in [3.05, 3.63) is 35.9 Å². The average molecular weight is 233 g/mol. The van der Waals surface area contributed by atoms with E-state index in [4.69, 9.17) is 5.73 Å². The van der Waals surface area contributed by atoms with Crippen LogP contribution in [0.4, 0.5) is 5.69 Å². The summed E-state index contributed by atoms with van der Waals surface area (Å²) < 4.78 is 1.79. The van der Waals surface area contributed by atoms with Crippen molar-refractivity contribution >= 4 is 11.6 Å². The van der Waals surface area contributed by atoms with Gasteiger partial charge in [0.05, 0.1) is 12.7 Å². The Hall–Kier alpha value is -2.24. The molecule has 0 bridgehead atoms. The summed E-state index contributed by atoms with van der Waals surface area (Å²) >= 11 is 0. The monoisotopic (exact) mass is 233 g/mol. The molecule has 0 spiro atoms. The molecule has 2 aromatic rings. The molecule has 0 aliphatic carbocycles. The van der Waals surface area contributed by atoms with Crippen LogP contribution in [0.3, 0.4) is 0 Å². The molecule has 0 atom stereocenters. The molecule has 6 heteroatoms. The smallest absolute Gasteiger partial charge is 0.267 e. The summed E-state index contributed by atoms with van der Waals surface area (Å²) in [6.45, 7) is 3.15. The highest BCUT2D eigenvalue weighted by Gasteiger charge is 2.06. The molecule has 0 saturated carbocycles. The molecule has 0 radical (unpaired) electrons. The number of aromatic amines is 1. The van der Waals surface area contributed by atoms with Gasteiger partial charge in [-0.2, -0.15) is 5.10 Å². The Morgan fingerprint density at radius 2 is 2.47 bits per heavy atom. The summed E-state index contributed by atoms with van der Waals surface area (Å²) in [5.41, 5.74) is 7.64. The molecular formula is C11H15N5O. The number of hydrogen-bond acceptors (Lipinski definition) is 3. The van der Waals surface area contributed by atoms with E-state index < -0.39 is 0 Å². The van der Waals surface area contributed by atoms with Crippen molar-refractivity contribution in [3.63, 3.8) is 0 Å². The predicted molar refractivity (Wildman–Crippen MR) is 64.5 cm³/mol. The first-order chi connectivity index (χ1) is 8.15. The predicted octanol–water partition coefficient (Wildman–Crippen LogP) is 0.532. The number of H-pyrrole nitrogens is 1. The Bertz CT molecular complexity index is 513. The first kappa shape index (κ1) is 11.3. The van der Waals surface area contributed by atoms with Crippen LogP contribution in [0.1, 0.15) is 16.1 Å². The Labute approximate surface area is 98.8 Å². The average Bonchev–Trinajstić information content (AvgIpc) is 2.88. The Kier molecular flexibility index (Phi) is 3.13. The molecule has 2 rings (SSSR count). The maximum Gasteiger partial charge on any atom is 0.267 e. The summed E-state index contributed by atoms with van der Waals surface area (Å²) in [6.07, 6.45) is 5.30. The Morgan fingerprint density at radius 3 is 3.06 bits per heavy atom. The van der Waals surface area contributed by atoms with Gasteiger partial charge in [0.25, 0.3) is 5.91 Å². The zero-order valence-electron chi connectivity index (χ0n) is 9.60. The third kappa shape index (κ3) is 2.87. The van der Waals surface area contributed by atoms with Crippen molar-refractivity contribution in [2.24, 2.45) is 0 Å². The lowest BCUT2D eigenvalue weighted by molar-refractivity contribution is 0.0947. The molecule has 0 unspecified atom stereocenters. The molecule has 0 aromatic carbocycles. The van der Waals surface area contributed by atoms with Gasteiger partial charge in [0, 0.05) is 24.6 Å². The van der Waals surface area contributed by atoms with E-state index in [-0.39, 0.29) is 5.91 Å². The number of nitrogens with one attached hydrogen (secondary N) is 2. The minimum Gasteiger partial charge on any atom is -0.397 e. The number of anilines is 1. The topological polar surface area (TPSA) is 88.7 Å². The molecular weight excluding hydrogens is 218 g/mol. The molecule has 2 aromatic heterocycles. The molecule has 1 amide bonds. The van der Waals surface area contributed by atoms with Crippen LogP contribution in [0, 0.1) is 6.92 Å². The number of nitrogens with two attached hydrogens (primary N) is 1. The van der Waals surface area contributed by atoms with Crippen molar-refractivity contribution in [2.75, 3.05) is 12.3 Å².